The molecule has 0 heterocycles. The van der Waals surface area contributed by atoms with Crippen LogP contribution in [0.15, 0.2) is 30.3 Å². The van der Waals surface area contributed by atoms with E-state index < -0.39 is 10.1 Å². The van der Waals surface area contributed by atoms with E-state index in [4.69, 9.17) is 4.55 Å². The SMILES string of the molecule is CCCCCCC(CS(=O)(=O)O)N(C)Cc1ccccc1. The molecule has 0 fully saturated rings. The highest BCUT2D eigenvalue weighted by molar-refractivity contribution is 7.85. The average Bonchev–Trinajstić information content (AvgIpc) is 2.42. The van der Waals surface area contributed by atoms with E-state index >= 15 is 0 Å². The number of benzene rings is 1. The molecule has 0 amide bonds. The summed E-state index contributed by atoms with van der Waals surface area (Å²) in [6, 6.07) is 9.82. The number of hydrogen-bond donors (Lipinski definition) is 1. The third kappa shape index (κ3) is 8.19. The summed E-state index contributed by atoms with van der Waals surface area (Å²) < 4.78 is 31.6. The van der Waals surface area contributed by atoms with Crippen molar-refractivity contribution in [1.29, 1.82) is 0 Å². The number of hydrogen-bond acceptors (Lipinski definition) is 3. The van der Waals surface area contributed by atoms with Crippen molar-refractivity contribution in [3.05, 3.63) is 35.9 Å². The Hall–Kier alpha value is -0.910. The van der Waals surface area contributed by atoms with Crippen LogP contribution in [-0.2, 0) is 16.7 Å². The van der Waals surface area contributed by atoms with E-state index in [0.29, 0.717) is 6.54 Å². The monoisotopic (exact) mass is 313 g/mol. The van der Waals surface area contributed by atoms with Gasteiger partial charge < -0.3 is 0 Å². The van der Waals surface area contributed by atoms with Gasteiger partial charge in [0, 0.05) is 12.6 Å². The Labute approximate surface area is 128 Å². The third-order valence-electron chi connectivity index (χ3n) is 3.69. The smallest absolute Gasteiger partial charge is 0.266 e. The van der Waals surface area contributed by atoms with Crippen molar-refractivity contribution < 1.29 is 13.0 Å². The minimum Gasteiger partial charge on any atom is -0.298 e. The lowest BCUT2D eigenvalue weighted by atomic mass is 10.1. The lowest BCUT2D eigenvalue weighted by Gasteiger charge is -2.27. The predicted molar refractivity (Wildman–Crippen MR) is 86.9 cm³/mol. The predicted octanol–water partition coefficient (Wildman–Crippen LogP) is 3.35. The van der Waals surface area contributed by atoms with Gasteiger partial charge in [-0.1, -0.05) is 62.9 Å². The molecule has 1 rings (SSSR count). The van der Waals surface area contributed by atoms with E-state index in [2.05, 4.69) is 6.92 Å². The Bertz CT molecular complexity index is 488. The fraction of sp³-hybridized carbons (Fsp3) is 0.625. The van der Waals surface area contributed by atoms with Crippen LogP contribution in [0.2, 0.25) is 0 Å². The van der Waals surface area contributed by atoms with Gasteiger partial charge in [-0.2, -0.15) is 8.42 Å². The quantitative estimate of drug-likeness (QED) is 0.531. The number of unbranched alkanes of at least 4 members (excludes halogenated alkanes) is 3. The highest BCUT2D eigenvalue weighted by atomic mass is 32.2. The fourth-order valence-electron chi connectivity index (χ4n) is 2.48. The molecule has 0 aliphatic rings. The second-order valence-electron chi connectivity index (χ2n) is 5.65. The Morgan fingerprint density at radius 2 is 1.81 bits per heavy atom. The second kappa shape index (κ2) is 9.18. The van der Waals surface area contributed by atoms with Crippen molar-refractivity contribution in [3.8, 4) is 0 Å². The summed E-state index contributed by atoms with van der Waals surface area (Å²) >= 11 is 0. The van der Waals surface area contributed by atoms with Gasteiger partial charge in [-0.05, 0) is 19.0 Å². The van der Waals surface area contributed by atoms with Crippen molar-refractivity contribution in [2.45, 2.75) is 51.6 Å². The lowest BCUT2D eigenvalue weighted by molar-refractivity contribution is 0.232. The van der Waals surface area contributed by atoms with Gasteiger partial charge in [0.2, 0.25) is 0 Å². The van der Waals surface area contributed by atoms with Gasteiger partial charge >= 0.3 is 0 Å². The molecule has 5 heteroatoms. The van der Waals surface area contributed by atoms with E-state index in [1.54, 1.807) is 0 Å². The maximum absolute atomic E-state index is 11.2. The summed E-state index contributed by atoms with van der Waals surface area (Å²) in [5.74, 6) is -0.192. The first-order chi connectivity index (χ1) is 9.92. The Morgan fingerprint density at radius 3 is 2.38 bits per heavy atom. The molecule has 0 spiro atoms. The molecule has 1 atom stereocenters. The number of nitrogens with zero attached hydrogens (tertiary/aromatic N) is 1. The summed E-state index contributed by atoms with van der Waals surface area (Å²) in [5, 5.41) is 0. The van der Waals surface area contributed by atoms with Gasteiger partial charge in [0.15, 0.2) is 0 Å². The van der Waals surface area contributed by atoms with Crippen LogP contribution >= 0.6 is 0 Å². The first kappa shape index (κ1) is 18.1. The lowest BCUT2D eigenvalue weighted by Crippen LogP contribution is -2.37. The summed E-state index contributed by atoms with van der Waals surface area (Å²) in [6.07, 6.45) is 5.22. The molecule has 1 aromatic rings. The molecule has 0 saturated carbocycles. The number of rotatable bonds is 10. The van der Waals surface area contributed by atoms with Crippen LogP contribution in [0.3, 0.4) is 0 Å². The van der Waals surface area contributed by atoms with Crippen LogP contribution in [0.1, 0.15) is 44.6 Å². The molecule has 120 valence electrons. The van der Waals surface area contributed by atoms with Crippen molar-refractivity contribution in [2.75, 3.05) is 12.8 Å². The molecule has 0 saturated heterocycles. The standard InChI is InChI=1S/C16H27NO3S/c1-3-4-5-9-12-16(14-21(18,19)20)17(2)13-15-10-7-6-8-11-15/h6-8,10-11,16H,3-5,9,12-14H2,1-2H3,(H,18,19,20). The van der Waals surface area contributed by atoms with Crippen molar-refractivity contribution in [2.24, 2.45) is 0 Å². The maximum atomic E-state index is 11.2. The van der Waals surface area contributed by atoms with Gasteiger partial charge in [-0.25, -0.2) is 0 Å². The molecule has 0 bridgehead atoms. The molecule has 0 aliphatic carbocycles. The van der Waals surface area contributed by atoms with Crippen LogP contribution in [0, 0.1) is 0 Å². The zero-order valence-corrected chi connectivity index (χ0v) is 13.8. The Balaban J connectivity index is 2.61. The minimum absolute atomic E-state index is 0.142. The normalized spacial score (nSPS) is 13.5. The van der Waals surface area contributed by atoms with Crippen molar-refractivity contribution >= 4 is 10.1 Å². The highest BCUT2D eigenvalue weighted by Crippen LogP contribution is 2.14. The first-order valence-electron chi connectivity index (χ1n) is 7.61. The van der Waals surface area contributed by atoms with Gasteiger partial charge in [0.05, 0.1) is 5.75 Å². The van der Waals surface area contributed by atoms with Crippen LogP contribution in [0.4, 0.5) is 0 Å². The summed E-state index contributed by atoms with van der Waals surface area (Å²) in [6.45, 7) is 2.84. The summed E-state index contributed by atoms with van der Waals surface area (Å²) in [7, 11) is -2.03. The minimum atomic E-state index is -3.95. The molecular formula is C16H27NO3S. The maximum Gasteiger partial charge on any atom is 0.266 e. The second-order valence-corrected chi connectivity index (χ2v) is 7.15. The zero-order chi connectivity index (χ0) is 15.7. The van der Waals surface area contributed by atoms with Gasteiger partial charge in [0.25, 0.3) is 10.1 Å². The highest BCUT2D eigenvalue weighted by Gasteiger charge is 2.21. The van der Waals surface area contributed by atoms with Crippen LogP contribution in [0.5, 0.6) is 0 Å². The fourth-order valence-corrected chi connectivity index (χ4v) is 3.39. The molecule has 21 heavy (non-hydrogen) atoms. The Morgan fingerprint density at radius 1 is 1.14 bits per heavy atom. The van der Waals surface area contributed by atoms with Crippen LogP contribution in [0.25, 0.3) is 0 Å². The summed E-state index contributed by atoms with van der Waals surface area (Å²) in [5.41, 5.74) is 1.15. The molecule has 0 aromatic heterocycles. The molecule has 1 aromatic carbocycles. The average molecular weight is 313 g/mol. The van der Waals surface area contributed by atoms with E-state index in [-0.39, 0.29) is 11.8 Å². The van der Waals surface area contributed by atoms with Gasteiger partial charge in [0.1, 0.15) is 0 Å². The molecule has 0 radical (unpaired) electrons. The zero-order valence-electron chi connectivity index (χ0n) is 13.0. The Kier molecular flexibility index (Phi) is 7.93. The third-order valence-corrected chi connectivity index (χ3v) is 4.50. The molecular weight excluding hydrogens is 286 g/mol. The summed E-state index contributed by atoms with van der Waals surface area (Å²) in [4.78, 5) is 2.02. The molecule has 0 aliphatic heterocycles. The molecule has 1 unspecified atom stereocenters. The van der Waals surface area contributed by atoms with E-state index in [1.165, 1.54) is 6.42 Å². The topological polar surface area (TPSA) is 57.6 Å². The van der Waals surface area contributed by atoms with Crippen molar-refractivity contribution in [1.82, 2.24) is 4.90 Å². The van der Waals surface area contributed by atoms with Crippen LogP contribution < -0.4 is 0 Å². The van der Waals surface area contributed by atoms with Gasteiger partial charge in [-0.15, -0.1) is 0 Å². The largest absolute Gasteiger partial charge is 0.298 e. The van der Waals surface area contributed by atoms with Gasteiger partial charge in [-0.3, -0.25) is 9.45 Å². The molecule has 4 nitrogen and oxygen atoms in total. The van der Waals surface area contributed by atoms with Crippen LogP contribution in [-0.4, -0.2) is 36.7 Å². The first-order valence-corrected chi connectivity index (χ1v) is 9.22. The van der Waals surface area contributed by atoms with E-state index in [9.17, 15) is 8.42 Å². The molecule has 1 N–H and O–H groups in total. The van der Waals surface area contributed by atoms with E-state index in [0.717, 1.165) is 31.2 Å². The van der Waals surface area contributed by atoms with Crippen molar-refractivity contribution in [3.63, 3.8) is 0 Å². The van der Waals surface area contributed by atoms with E-state index in [1.807, 2.05) is 42.3 Å².